The van der Waals surface area contributed by atoms with E-state index in [0.717, 1.165) is 5.56 Å². The molecule has 1 saturated heterocycles. The van der Waals surface area contributed by atoms with E-state index < -0.39 is 5.41 Å². The third-order valence-electron chi connectivity index (χ3n) is 4.71. The Labute approximate surface area is 159 Å². The first-order chi connectivity index (χ1) is 12.8. The maximum atomic E-state index is 12.3. The first-order valence-electron chi connectivity index (χ1n) is 9.31. The Hall–Kier alpha value is -2.63. The fourth-order valence-corrected chi connectivity index (χ4v) is 3.16. The van der Waals surface area contributed by atoms with Crippen molar-refractivity contribution in [2.75, 3.05) is 13.1 Å². The van der Waals surface area contributed by atoms with Gasteiger partial charge in [0.2, 0.25) is 11.8 Å². The molecular weight excluding hydrogens is 344 g/mol. The largest absolute Gasteiger partial charge is 0.455 e. The second kappa shape index (κ2) is 7.94. The first-order valence-corrected chi connectivity index (χ1v) is 9.31. The van der Waals surface area contributed by atoms with Crippen LogP contribution >= 0.6 is 0 Å². The smallest absolute Gasteiger partial charge is 0.309 e. The SMILES string of the molecule is CC(C)(C)C(=O)N1CCC(C(=O)OCc2ncc(-c3ccccc3)o2)CC1. The van der Waals surface area contributed by atoms with Gasteiger partial charge in [0.25, 0.3) is 0 Å². The molecule has 2 heterocycles. The molecule has 0 spiro atoms. The highest BCUT2D eigenvalue weighted by Crippen LogP contribution is 2.25. The Morgan fingerprint density at radius 3 is 2.48 bits per heavy atom. The average Bonchev–Trinajstić information content (AvgIpc) is 3.15. The van der Waals surface area contributed by atoms with Crippen LogP contribution in [0.25, 0.3) is 11.3 Å². The molecule has 1 aliphatic rings. The summed E-state index contributed by atoms with van der Waals surface area (Å²) in [7, 11) is 0. The summed E-state index contributed by atoms with van der Waals surface area (Å²) in [6.45, 7) is 6.94. The van der Waals surface area contributed by atoms with Gasteiger partial charge in [-0.15, -0.1) is 0 Å². The summed E-state index contributed by atoms with van der Waals surface area (Å²) in [5.41, 5.74) is 0.535. The van der Waals surface area contributed by atoms with E-state index in [4.69, 9.17) is 9.15 Å². The fraction of sp³-hybridized carbons (Fsp3) is 0.476. The Morgan fingerprint density at radius 2 is 1.85 bits per heavy atom. The average molecular weight is 370 g/mol. The van der Waals surface area contributed by atoms with Gasteiger partial charge in [0.05, 0.1) is 12.1 Å². The van der Waals surface area contributed by atoms with Gasteiger partial charge < -0.3 is 14.1 Å². The Balaban J connectivity index is 1.48. The van der Waals surface area contributed by atoms with Gasteiger partial charge in [-0.2, -0.15) is 0 Å². The highest BCUT2D eigenvalue weighted by atomic mass is 16.5. The van der Waals surface area contributed by atoms with E-state index in [1.165, 1.54) is 0 Å². The summed E-state index contributed by atoms with van der Waals surface area (Å²) in [5.74, 6) is 0.718. The summed E-state index contributed by atoms with van der Waals surface area (Å²) in [6, 6.07) is 9.65. The van der Waals surface area contributed by atoms with Crippen LogP contribution in [0.1, 0.15) is 39.5 Å². The van der Waals surface area contributed by atoms with E-state index in [0.29, 0.717) is 37.6 Å². The van der Waals surface area contributed by atoms with Crippen LogP contribution in [0.15, 0.2) is 40.9 Å². The number of hydrogen-bond acceptors (Lipinski definition) is 5. The van der Waals surface area contributed by atoms with Crippen LogP contribution in [0.5, 0.6) is 0 Å². The zero-order valence-electron chi connectivity index (χ0n) is 16.1. The number of benzene rings is 1. The third-order valence-corrected chi connectivity index (χ3v) is 4.71. The summed E-state index contributed by atoms with van der Waals surface area (Å²) in [5, 5.41) is 0. The maximum absolute atomic E-state index is 12.3. The van der Waals surface area contributed by atoms with Crippen molar-refractivity contribution in [3.8, 4) is 11.3 Å². The zero-order chi connectivity index (χ0) is 19.4. The van der Waals surface area contributed by atoms with Gasteiger partial charge in [0.15, 0.2) is 12.4 Å². The van der Waals surface area contributed by atoms with Crippen molar-refractivity contribution in [1.29, 1.82) is 0 Å². The molecule has 144 valence electrons. The van der Waals surface area contributed by atoms with Crippen molar-refractivity contribution >= 4 is 11.9 Å². The molecule has 0 bridgehead atoms. The van der Waals surface area contributed by atoms with Crippen molar-refractivity contribution < 1.29 is 18.7 Å². The van der Waals surface area contributed by atoms with Crippen molar-refractivity contribution in [3.63, 3.8) is 0 Å². The lowest BCUT2D eigenvalue weighted by Gasteiger charge is -2.34. The molecule has 0 radical (unpaired) electrons. The van der Waals surface area contributed by atoms with Crippen LogP contribution in [0.2, 0.25) is 0 Å². The van der Waals surface area contributed by atoms with E-state index in [9.17, 15) is 9.59 Å². The van der Waals surface area contributed by atoms with Crippen molar-refractivity contribution in [2.24, 2.45) is 11.3 Å². The summed E-state index contributed by atoms with van der Waals surface area (Å²) in [4.78, 5) is 30.7. The number of ether oxygens (including phenoxy) is 1. The standard InChI is InChI=1S/C21H26N2O4/c1-21(2,3)20(25)23-11-9-16(10-12-23)19(24)26-14-18-22-13-17(27-18)15-7-5-4-6-8-15/h4-8,13,16H,9-12,14H2,1-3H3. The lowest BCUT2D eigenvalue weighted by molar-refractivity contribution is -0.154. The van der Waals surface area contributed by atoms with Crippen molar-refractivity contribution in [1.82, 2.24) is 9.88 Å². The summed E-state index contributed by atoms with van der Waals surface area (Å²) >= 11 is 0. The molecule has 1 aliphatic heterocycles. The van der Waals surface area contributed by atoms with E-state index in [-0.39, 0.29) is 24.4 Å². The van der Waals surface area contributed by atoms with Gasteiger partial charge in [-0.1, -0.05) is 51.1 Å². The molecule has 1 aromatic heterocycles. The van der Waals surface area contributed by atoms with E-state index in [1.807, 2.05) is 56.0 Å². The zero-order valence-corrected chi connectivity index (χ0v) is 16.1. The number of carbonyl (C=O) groups excluding carboxylic acids is 2. The molecule has 2 aromatic rings. The molecule has 0 atom stereocenters. The lowest BCUT2D eigenvalue weighted by atomic mass is 9.91. The molecule has 6 heteroatoms. The quantitative estimate of drug-likeness (QED) is 0.768. The fourth-order valence-electron chi connectivity index (χ4n) is 3.16. The number of hydrogen-bond donors (Lipinski definition) is 0. The molecule has 1 aromatic carbocycles. The molecule has 0 aliphatic carbocycles. The van der Waals surface area contributed by atoms with Crippen LogP contribution in [-0.4, -0.2) is 34.8 Å². The van der Waals surface area contributed by atoms with Gasteiger partial charge in [0, 0.05) is 24.1 Å². The molecule has 0 unspecified atom stereocenters. The molecule has 27 heavy (non-hydrogen) atoms. The number of piperidine rings is 1. The number of carbonyl (C=O) groups is 2. The van der Waals surface area contributed by atoms with E-state index in [2.05, 4.69) is 4.98 Å². The number of amides is 1. The number of nitrogens with zero attached hydrogens (tertiary/aromatic N) is 2. The number of esters is 1. The highest BCUT2D eigenvalue weighted by Gasteiger charge is 2.33. The predicted molar refractivity (Wildman–Crippen MR) is 100 cm³/mol. The normalized spacial score (nSPS) is 15.6. The molecule has 1 amide bonds. The first kappa shape index (κ1) is 19.1. The van der Waals surface area contributed by atoms with Gasteiger partial charge in [0.1, 0.15) is 0 Å². The van der Waals surface area contributed by atoms with Crippen LogP contribution in [0.3, 0.4) is 0 Å². The minimum absolute atomic E-state index is 0.0206. The van der Waals surface area contributed by atoms with Gasteiger partial charge in [-0.3, -0.25) is 9.59 Å². The van der Waals surface area contributed by atoms with Gasteiger partial charge in [-0.25, -0.2) is 4.98 Å². The second-order valence-corrected chi connectivity index (χ2v) is 7.91. The molecule has 0 saturated carbocycles. The van der Waals surface area contributed by atoms with Crippen LogP contribution in [0.4, 0.5) is 0 Å². The van der Waals surface area contributed by atoms with Crippen molar-refractivity contribution in [3.05, 3.63) is 42.4 Å². The summed E-state index contributed by atoms with van der Waals surface area (Å²) < 4.78 is 11.0. The maximum Gasteiger partial charge on any atom is 0.309 e. The Kier molecular flexibility index (Phi) is 5.63. The number of likely N-dealkylation sites (tertiary alicyclic amines) is 1. The van der Waals surface area contributed by atoms with Crippen LogP contribution in [-0.2, 0) is 20.9 Å². The predicted octanol–water partition coefficient (Wildman–Crippen LogP) is 3.67. The minimum atomic E-state index is -0.394. The van der Waals surface area contributed by atoms with Crippen LogP contribution in [0, 0.1) is 11.3 Å². The van der Waals surface area contributed by atoms with Crippen molar-refractivity contribution in [2.45, 2.75) is 40.2 Å². The number of oxazole rings is 1. The molecular formula is C21H26N2O4. The van der Waals surface area contributed by atoms with Gasteiger partial charge >= 0.3 is 5.97 Å². The number of aromatic nitrogens is 1. The Bertz CT molecular complexity index is 784. The third kappa shape index (κ3) is 4.76. The monoisotopic (exact) mass is 370 g/mol. The van der Waals surface area contributed by atoms with E-state index >= 15 is 0 Å². The van der Waals surface area contributed by atoms with E-state index in [1.54, 1.807) is 6.20 Å². The molecule has 6 nitrogen and oxygen atoms in total. The second-order valence-electron chi connectivity index (χ2n) is 7.91. The molecule has 3 rings (SSSR count). The van der Waals surface area contributed by atoms with Gasteiger partial charge in [-0.05, 0) is 12.8 Å². The minimum Gasteiger partial charge on any atom is -0.455 e. The lowest BCUT2D eigenvalue weighted by Crippen LogP contribution is -2.45. The topological polar surface area (TPSA) is 72.6 Å². The molecule has 1 fully saturated rings. The van der Waals surface area contributed by atoms with Crippen LogP contribution < -0.4 is 0 Å². The number of rotatable bonds is 4. The Morgan fingerprint density at radius 1 is 1.19 bits per heavy atom. The molecule has 0 N–H and O–H groups in total. The summed E-state index contributed by atoms with van der Waals surface area (Å²) in [6.07, 6.45) is 2.89. The highest BCUT2D eigenvalue weighted by molar-refractivity contribution is 5.82.